The Kier molecular flexibility index (Phi) is 3.10. The monoisotopic (exact) mass is 256 g/mol. The molecule has 0 aliphatic heterocycles. The van der Waals surface area contributed by atoms with Crippen LogP contribution in [0.1, 0.15) is 19.8 Å². The van der Waals surface area contributed by atoms with E-state index in [1.165, 1.54) is 12.1 Å². The van der Waals surface area contributed by atoms with Crippen LogP contribution in [0.2, 0.25) is 5.02 Å². The maximum Gasteiger partial charge on any atom is 0.244 e. The van der Waals surface area contributed by atoms with Crippen LogP contribution in [0, 0.1) is 11.7 Å². The van der Waals surface area contributed by atoms with Gasteiger partial charge in [0.1, 0.15) is 5.82 Å². The summed E-state index contributed by atoms with van der Waals surface area (Å²) in [5.74, 6) is -0.499. The number of hydrogen-bond donors (Lipinski definition) is 2. The van der Waals surface area contributed by atoms with Crippen molar-refractivity contribution in [2.75, 3.05) is 5.32 Å². The van der Waals surface area contributed by atoms with Gasteiger partial charge in [-0.2, -0.15) is 0 Å². The van der Waals surface area contributed by atoms with Gasteiger partial charge in [0, 0.05) is 0 Å². The third kappa shape index (κ3) is 2.58. The van der Waals surface area contributed by atoms with E-state index in [1.807, 2.05) is 0 Å². The molecule has 0 radical (unpaired) electrons. The zero-order chi connectivity index (χ0) is 12.6. The van der Waals surface area contributed by atoms with Crippen LogP contribution in [0.5, 0.6) is 0 Å². The number of amides is 1. The number of carbonyl (C=O) groups excluding carboxylic acids is 1. The van der Waals surface area contributed by atoms with Crippen LogP contribution < -0.4 is 11.1 Å². The standard InChI is InChI=1S/C12H14ClFN2O/c1-12(15,7-2-3-7)11(17)16-10-5-4-8(14)6-9(10)13/h4-7H,2-3,15H2,1H3,(H,16,17). The Morgan fingerprint density at radius 1 is 1.59 bits per heavy atom. The Morgan fingerprint density at radius 2 is 2.24 bits per heavy atom. The molecular formula is C12H14ClFN2O. The Bertz CT molecular complexity index is 458. The molecule has 1 atom stereocenters. The van der Waals surface area contributed by atoms with Crippen LogP contribution in [-0.4, -0.2) is 11.4 Å². The maximum absolute atomic E-state index is 12.8. The van der Waals surface area contributed by atoms with Gasteiger partial charge in [0.25, 0.3) is 0 Å². The normalized spacial score (nSPS) is 18.6. The fourth-order valence-electron chi connectivity index (χ4n) is 1.72. The van der Waals surface area contributed by atoms with Crippen molar-refractivity contribution in [3.05, 3.63) is 29.0 Å². The summed E-state index contributed by atoms with van der Waals surface area (Å²) in [6.07, 6.45) is 1.94. The van der Waals surface area contributed by atoms with Crippen LogP contribution in [0.15, 0.2) is 18.2 Å². The van der Waals surface area contributed by atoms with E-state index in [4.69, 9.17) is 17.3 Å². The predicted octanol–water partition coefficient (Wildman–Crippen LogP) is 2.55. The van der Waals surface area contributed by atoms with Crippen LogP contribution in [0.4, 0.5) is 10.1 Å². The lowest BCUT2D eigenvalue weighted by Gasteiger charge is -2.23. The van der Waals surface area contributed by atoms with Gasteiger partial charge in [-0.25, -0.2) is 4.39 Å². The van der Waals surface area contributed by atoms with E-state index in [0.717, 1.165) is 18.9 Å². The summed E-state index contributed by atoms with van der Waals surface area (Å²) in [6.45, 7) is 1.71. The van der Waals surface area contributed by atoms with Gasteiger partial charge < -0.3 is 11.1 Å². The van der Waals surface area contributed by atoms with Gasteiger partial charge in [0.15, 0.2) is 0 Å². The average Bonchev–Trinajstić information content (AvgIpc) is 3.05. The Balaban J connectivity index is 2.12. The van der Waals surface area contributed by atoms with E-state index in [9.17, 15) is 9.18 Å². The highest BCUT2D eigenvalue weighted by molar-refractivity contribution is 6.33. The second kappa shape index (κ2) is 4.27. The zero-order valence-electron chi connectivity index (χ0n) is 9.47. The van der Waals surface area contributed by atoms with E-state index in [2.05, 4.69) is 5.32 Å². The van der Waals surface area contributed by atoms with Crippen molar-refractivity contribution in [3.8, 4) is 0 Å². The smallest absolute Gasteiger partial charge is 0.244 e. The number of benzene rings is 1. The first kappa shape index (κ1) is 12.3. The molecule has 1 amide bonds. The molecule has 1 aliphatic rings. The molecule has 1 aromatic carbocycles. The fourth-order valence-corrected chi connectivity index (χ4v) is 1.93. The number of nitrogens with one attached hydrogen (secondary N) is 1. The van der Waals surface area contributed by atoms with Crippen LogP contribution in [0.25, 0.3) is 0 Å². The summed E-state index contributed by atoms with van der Waals surface area (Å²) in [7, 11) is 0. The van der Waals surface area contributed by atoms with Gasteiger partial charge in [-0.3, -0.25) is 4.79 Å². The van der Waals surface area contributed by atoms with Crippen molar-refractivity contribution >= 4 is 23.2 Å². The molecule has 3 N–H and O–H groups in total. The minimum atomic E-state index is -0.891. The van der Waals surface area contributed by atoms with Gasteiger partial charge in [0.05, 0.1) is 16.2 Å². The lowest BCUT2D eigenvalue weighted by Crippen LogP contribution is -2.50. The van der Waals surface area contributed by atoms with Gasteiger partial charge in [-0.05, 0) is 43.9 Å². The summed E-state index contributed by atoms with van der Waals surface area (Å²) in [5, 5.41) is 2.81. The quantitative estimate of drug-likeness (QED) is 0.873. The SMILES string of the molecule is CC(N)(C(=O)Nc1ccc(F)cc1Cl)C1CC1. The molecule has 5 heteroatoms. The van der Waals surface area contributed by atoms with Crippen LogP contribution in [0.3, 0.4) is 0 Å². The van der Waals surface area contributed by atoms with Gasteiger partial charge in [-0.15, -0.1) is 0 Å². The highest BCUT2D eigenvalue weighted by Gasteiger charge is 2.44. The molecule has 0 aromatic heterocycles. The Hall–Kier alpha value is -1.13. The summed E-state index contributed by atoms with van der Waals surface area (Å²) in [5.41, 5.74) is 5.46. The second-order valence-corrected chi connectivity index (χ2v) is 5.04. The topological polar surface area (TPSA) is 55.1 Å². The van der Waals surface area contributed by atoms with Crippen molar-refractivity contribution in [3.63, 3.8) is 0 Å². The molecule has 0 saturated heterocycles. The molecule has 17 heavy (non-hydrogen) atoms. The van der Waals surface area contributed by atoms with E-state index < -0.39 is 11.4 Å². The molecule has 1 saturated carbocycles. The van der Waals surface area contributed by atoms with Crippen LogP contribution >= 0.6 is 11.6 Å². The highest BCUT2D eigenvalue weighted by Crippen LogP contribution is 2.38. The number of hydrogen-bond acceptors (Lipinski definition) is 2. The van der Waals surface area contributed by atoms with Crippen molar-refractivity contribution in [1.82, 2.24) is 0 Å². The average molecular weight is 257 g/mol. The predicted molar refractivity (Wildman–Crippen MR) is 65.4 cm³/mol. The van der Waals surface area contributed by atoms with E-state index in [0.29, 0.717) is 5.69 Å². The summed E-state index contributed by atoms with van der Waals surface area (Å²) in [6, 6.07) is 3.83. The number of nitrogens with two attached hydrogens (primary N) is 1. The molecule has 3 nitrogen and oxygen atoms in total. The summed E-state index contributed by atoms with van der Waals surface area (Å²) in [4.78, 5) is 12.0. The first-order valence-electron chi connectivity index (χ1n) is 5.46. The molecule has 1 unspecified atom stereocenters. The van der Waals surface area contributed by atoms with Gasteiger partial charge in [0.2, 0.25) is 5.91 Å². The number of carbonyl (C=O) groups is 1. The van der Waals surface area contributed by atoms with Crippen molar-refractivity contribution in [1.29, 1.82) is 0 Å². The first-order chi connectivity index (χ1) is 7.91. The molecule has 92 valence electrons. The Morgan fingerprint density at radius 3 is 2.76 bits per heavy atom. The number of halogens is 2. The third-order valence-corrected chi connectivity index (χ3v) is 3.41. The fraction of sp³-hybridized carbons (Fsp3) is 0.417. The van der Waals surface area contributed by atoms with Crippen molar-refractivity contribution < 1.29 is 9.18 Å². The first-order valence-corrected chi connectivity index (χ1v) is 5.84. The van der Waals surface area contributed by atoms with E-state index in [1.54, 1.807) is 6.92 Å². The Labute approximate surface area is 104 Å². The van der Waals surface area contributed by atoms with E-state index in [-0.39, 0.29) is 16.8 Å². The van der Waals surface area contributed by atoms with Crippen molar-refractivity contribution in [2.45, 2.75) is 25.3 Å². The number of anilines is 1. The molecule has 1 fully saturated rings. The molecule has 1 aromatic rings. The molecule has 0 heterocycles. The van der Waals surface area contributed by atoms with Crippen molar-refractivity contribution in [2.24, 2.45) is 11.7 Å². The molecule has 1 aliphatic carbocycles. The van der Waals surface area contributed by atoms with E-state index >= 15 is 0 Å². The lowest BCUT2D eigenvalue weighted by atomic mass is 9.96. The van der Waals surface area contributed by atoms with Gasteiger partial charge in [-0.1, -0.05) is 11.6 Å². The molecular weight excluding hydrogens is 243 g/mol. The highest BCUT2D eigenvalue weighted by atomic mass is 35.5. The van der Waals surface area contributed by atoms with Gasteiger partial charge >= 0.3 is 0 Å². The molecule has 0 bridgehead atoms. The van der Waals surface area contributed by atoms with Crippen LogP contribution in [-0.2, 0) is 4.79 Å². The third-order valence-electron chi connectivity index (χ3n) is 3.09. The summed E-state index contributed by atoms with van der Waals surface area (Å²) >= 11 is 5.82. The minimum Gasteiger partial charge on any atom is -0.323 e. The zero-order valence-corrected chi connectivity index (χ0v) is 10.2. The summed E-state index contributed by atoms with van der Waals surface area (Å²) < 4.78 is 12.8. The molecule has 0 spiro atoms. The molecule has 2 rings (SSSR count). The largest absolute Gasteiger partial charge is 0.323 e. The minimum absolute atomic E-state index is 0.171. The number of rotatable bonds is 3. The lowest BCUT2D eigenvalue weighted by molar-refractivity contribution is -0.121. The maximum atomic E-state index is 12.8. The second-order valence-electron chi connectivity index (χ2n) is 4.64.